The molecular weight excluding hydrogens is 220 g/mol. The molecule has 15 heavy (non-hydrogen) atoms. The summed E-state index contributed by atoms with van der Waals surface area (Å²) in [5, 5.41) is 18.3. The molecule has 1 aliphatic rings. The molecule has 1 heterocycles. The lowest BCUT2D eigenvalue weighted by Crippen LogP contribution is -2.44. The molecule has 2 unspecified atom stereocenters. The Balaban J connectivity index is 2.96. The highest BCUT2D eigenvalue weighted by Crippen LogP contribution is 2.36. The van der Waals surface area contributed by atoms with E-state index in [-0.39, 0.29) is 17.9 Å². The van der Waals surface area contributed by atoms with Crippen LogP contribution < -0.4 is 0 Å². The van der Waals surface area contributed by atoms with Crippen LogP contribution in [0, 0.1) is 5.41 Å². The van der Waals surface area contributed by atoms with E-state index in [1.54, 1.807) is 0 Å². The monoisotopic (exact) mass is 236 g/mol. The van der Waals surface area contributed by atoms with E-state index in [2.05, 4.69) is 0 Å². The third-order valence-electron chi connectivity index (χ3n) is 2.75. The van der Waals surface area contributed by atoms with E-state index in [0.29, 0.717) is 12.8 Å². The van der Waals surface area contributed by atoms with Gasteiger partial charge in [0, 0.05) is 0 Å². The quantitative estimate of drug-likeness (QED) is 0.721. The summed E-state index contributed by atoms with van der Waals surface area (Å²) in [7, 11) is -3.27. The molecule has 2 atom stereocenters. The fourth-order valence-corrected chi connectivity index (χ4v) is 4.13. The number of hydrogen-bond donors (Lipinski definition) is 2. The summed E-state index contributed by atoms with van der Waals surface area (Å²) in [6, 6.07) is 0. The molecule has 0 bridgehead atoms. The molecule has 0 saturated carbocycles. The molecule has 88 valence electrons. The molecule has 6 heteroatoms. The highest BCUT2D eigenvalue weighted by Gasteiger charge is 2.45. The van der Waals surface area contributed by atoms with Gasteiger partial charge in [0.05, 0.1) is 23.0 Å². The normalized spacial score (nSPS) is 32.1. The van der Waals surface area contributed by atoms with Gasteiger partial charge in [0.1, 0.15) is 0 Å². The zero-order valence-corrected chi connectivity index (χ0v) is 9.46. The lowest BCUT2D eigenvalue weighted by Gasteiger charge is -2.33. The predicted molar refractivity (Wildman–Crippen MR) is 54.3 cm³/mol. The molecule has 0 aromatic heterocycles. The van der Waals surface area contributed by atoms with Gasteiger partial charge in [-0.1, -0.05) is 0 Å². The average molecular weight is 236 g/mol. The van der Waals surface area contributed by atoms with E-state index in [9.17, 15) is 18.3 Å². The summed E-state index contributed by atoms with van der Waals surface area (Å²) in [5.74, 6) is -1.41. The van der Waals surface area contributed by atoms with Crippen LogP contribution in [-0.2, 0) is 14.6 Å². The summed E-state index contributed by atoms with van der Waals surface area (Å²) in [4.78, 5) is 11.1. The van der Waals surface area contributed by atoms with Crippen LogP contribution in [0.3, 0.4) is 0 Å². The van der Waals surface area contributed by atoms with Gasteiger partial charge >= 0.3 is 5.97 Å². The number of aliphatic hydroxyl groups is 1. The Morgan fingerprint density at radius 3 is 2.53 bits per heavy atom. The number of hydrogen-bond acceptors (Lipinski definition) is 4. The third-order valence-corrected chi connectivity index (χ3v) is 4.65. The van der Waals surface area contributed by atoms with Crippen LogP contribution in [0.4, 0.5) is 0 Å². The lowest BCUT2D eigenvalue weighted by atomic mass is 9.80. The van der Waals surface area contributed by atoms with Gasteiger partial charge < -0.3 is 10.2 Å². The van der Waals surface area contributed by atoms with Gasteiger partial charge in [0.2, 0.25) is 0 Å². The predicted octanol–water partition coefficient (Wildman–Crippen LogP) is 0.0369. The molecule has 1 saturated heterocycles. The summed E-state index contributed by atoms with van der Waals surface area (Å²) in [6.45, 7) is 1.48. The molecule has 5 nitrogen and oxygen atoms in total. The number of carboxylic acids is 1. The van der Waals surface area contributed by atoms with Crippen molar-refractivity contribution >= 4 is 15.8 Å². The maximum Gasteiger partial charge on any atom is 0.310 e. The Morgan fingerprint density at radius 2 is 2.13 bits per heavy atom. The summed E-state index contributed by atoms with van der Waals surface area (Å²) < 4.78 is 22.8. The number of aliphatic carboxylic acids is 1. The van der Waals surface area contributed by atoms with E-state index >= 15 is 0 Å². The van der Waals surface area contributed by atoms with Crippen LogP contribution in [-0.4, -0.2) is 42.2 Å². The number of sulfone groups is 1. The van der Waals surface area contributed by atoms with Crippen LogP contribution in [0.15, 0.2) is 0 Å². The van der Waals surface area contributed by atoms with Gasteiger partial charge in [-0.25, -0.2) is 8.42 Å². The molecule has 0 radical (unpaired) electrons. The smallest absolute Gasteiger partial charge is 0.310 e. The SMILES string of the molecule is CC(O)CC1(C(=O)O)CCCS(=O)(=O)C1. The number of aliphatic hydroxyl groups excluding tert-OH is 1. The minimum atomic E-state index is -3.27. The maximum atomic E-state index is 11.4. The van der Waals surface area contributed by atoms with Gasteiger partial charge in [-0.05, 0) is 26.2 Å². The molecule has 0 aromatic rings. The van der Waals surface area contributed by atoms with Crippen LogP contribution >= 0.6 is 0 Å². The standard InChI is InChI=1S/C9H16O5S/c1-7(10)5-9(8(11)12)3-2-4-15(13,14)6-9/h7,10H,2-6H2,1H3,(H,11,12). The van der Waals surface area contributed by atoms with Gasteiger partial charge in [0.25, 0.3) is 0 Å². The topological polar surface area (TPSA) is 91.7 Å². The summed E-state index contributed by atoms with van der Waals surface area (Å²) in [6.07, 6.45) is -0.107. The fraction of sp³-hybridized carbons (Fsp3) is 0.889. The first-order chi connectivity index (χ1) is 6.77. The van der Waals surface area contributed by atoms with Crippen LogP contribution in [0.25, 0.3) is 0 Å². The van der Waals surface area contributed by atoms with Crippen molar-refractivity contribution in [3.05, 3.63) is 0 Å². The number of carbonyl (C=O) groups is 1. The minimum absolute atomic E-state index is 0.00155. The molecule has 0 aliphatic carbocycles. The Morgan fingerprint density at radius 1 is 1.53 bits per heavy atom. The van der Waals surface area contributed by atoms with Gasteiger partial charge in [0.15, 0.2) is 9.84 Å². The second kappa shape index (κ2) is 4.09. The van der Waals surface area contributed by atoms with E-state index in [1.165, 1.54) is 6.92 Å². The van der Waals surface area contributed by atoms with Crippen molar-refractivity contribution in [3.8, 4) is 0 Å². The molecule has 1 fully saturated rings. The second-order valence-corrected chi connectivity index (χ2v) is 6.52. The Hall–Kier alpha value is -0.620. The van der Waals surface area contributed by atoms with Crippen molar-refractivity contribution in [2.45, 2.75) is 32.3 Å². The summed E-state index contributed by atoms with van der Waals surface area (Å²) in [5.41, 5.74) is -1.29. The molecule has 2 N–H and O–H groups in total. The van der Waals surface area contributed by atoms with Gasteiger partial charge in [-0.15, -0.1) is 0 Å². The molecule has 0 spiro atoms. The molecule has 0 aromatic carbocycles. The van der Waals surface area contributed by atoms with Crippen LogP contribution in [0.1, 0.15) is 26.2 Å². The largest absolute Gasteiger partial charge is 0.481 e. The molecule has 1 aliphatic heterocycles. The highest BCUT2D eigenvalue weighted by atomic mass is 32.2. The first kappa shape index (κ1) is 12.4. The average Bonchev–Trinajstić information content (AvgIpc) is 1.99. The minimum Gasteiger partial charge on any atom is -0.481 e. The molecular formula is C9H16O5S. The Kier molecular flexibility index (Phi) is 3.40. The first-order valence-corrected chi connectivity index (χ1v) is 6.71. The van der Waals surface area contributed by atoms with E-state index in [4.69, 9.17) is 5.11 Å². The Bertz CT molecular complexity index is 346. The van der Waals surface area contributed by atoms with Crippen molar-refractivity contribution in [2.24, 2.45) is 5.41 Å². The zero-order valence-electron chi connectivity index (χ0n) is 8.64. The highest BCUT2D eigenvalue weighted by molar-refractivity contribution is 7.91. The zero-order chi connectivity index (χ0) is 11.7. The van der Waals surface area contributed by atoms with Crippen LogP contribution in [0.2, 0.25) is 0 Å². The van der Waals surface area contributed by atoms with Crippen LogP contribution in [0.5, 0.6) is 0 Å². The van der Waals surface area contributed by atoms with Crippen molar-refractivity contribution in [1.82, 2.24) is 0 Å². The van der Waals surface area contributed by atoms with E-state index in [0.717, 1.165) is 0 Å². The second-order valence-electron chi connectivity index (χ2n) is 4.33. The Labute approximate surface area is 89.0 Å². The molecule has 1 rings (SSSR count). The third kappa shape index (κ3) is 2.92. The van der Waals surface area contributed by atoms with Crippen molar-refractivity contribution in [2.75, 3.05) is 11.5 Å². The van der Waals surface area contributed by atoms with Crippen molar-refractivity contribution < 1.29 is 23.4 Å². The van der Waals surface area contributed by atoms with Crippen molar-refractivity contribution in [3.63, 3.8) is 0 Å². The maximum absolute atomic E-state index is 11.4. The summed E-state index contributed by atoms with van der Waals surface area (Å²) >= 11 is 0. The number of carboxylic acid groups (broad SMARTS) is 1. The molecule has 0 amide bonds. The van der Waals surface area contributed by atoms with Gasteiger partial charge in [-0.3, -0.25) is 4.79 Å². The lowest BCUT2D eigenvalue weighted by molar-refractivity contribution is -0.150. The fourth-order valence-electron chi connectivity index (χ4n) is 2.18. The first-order valence-electron chi connectivity index (χ1n) is 4.89. The van der Waals surface area contributed by atoms with E-state index < -0.39 is 27.3 Å². The van der Waals surface area contributed by atoms with Crippen molar-refractivity contribution in [1.29, 1.82) is 0 Å². The van der Waals surface area contributed by atoms with Gasteiger partial charge in [-0.2, -0.15) is 0 Å². The van der Waals surface area contributed by atoms with E-state index in [1.807, 2.05) is 0 Å². The number of rotatable bonds is 3.